The standard InChI is InChI=1S/C7H12O2S/c1-2-3-4-6(5-10)7(8)9/h5-6H,2-4H2,1H3,(H,8,9). The molecule has 0 rings (SSSR count). The SMILES string of the molecule is CCCCC(C=S)C(=O)O. The zero-order valence-electron chi connectivity index (χ0n) is 6.04. The summed E-state index contributed by atoms with van der Waals surface area (Å²) >= 11 is 4.56. The fourth-order valence-electron chi connectivity index (χ4n) is 0.674. The van der Waals surface area contributed by atoms with Gasteiger partial charge in [-0.2, -0.15) is 0 Å². The zero-order chi connectivity index (χ0) is 7.98. The van der Waals surface area contributed by atoms with Crippen LogP contribution in [0.4, 0.5) is 0 Å². The fraction of sp³-hybridized carbons (Fsp3) is 0.714. The average molecular weight is 160 g/mol. The monoisotopic (exact) mass is 160 g/mol. The Morgan fingerprint density at radius 2 is 2.40 bits per heavy atom. The number of carboxylic acid groups (broad SMARTS) is 1. The van der Waals surface area contributed by atoms with Crippen molar-refractivity contribution in [2.75, 3.05) is 0 Å². The van der Waals surface area contributed by atoms with Crippen molar-refractivity contribution in [1.82, 2.24) is 0 Å². The van der Waals surface area contributed by atoms with Crippen molar-refractivity contribution in [1.29, 1.82) is 0 Å². The van der Waals surface area contributed by atoms with E-state index in [1.165, 1.54) is 5.37 Å². The number of thiocarbonyl (C=S) groups is 1. The van der Waals surface area contributed by atoms with E-state index in [0.29, 0.717) is 6.42 Å². The van der Waals surface area contributed by atoms with Crippen LogP contribution in [-0.2, 0) is 4.79 Å². The molecule has 0 aromatic rings. The van der Waals surface area contributed by atoms with Gasteiger partial charge < -0.3 is 5.11 Å². The predicted octanol–water partition coefficient (Wildman–Crippen LogP) is 1.88. The van der Waals surface area contributed by atoms with Crippen molar-refractivity contribution < 1.29 is 9.90 Å². The van der Waals surface area contributed by atoms with Crippen LogP contribution in [0.15, 0.2) is 0 Å². The van der Waals surface area contributed by atoms with E-state index in [1.54, 1.807) is 0 Å². The van der Waals surface area contributed by atoms with Gasteiger partial charge in [-0.25, -0.2) is 0 Å². The van der Waals surface area contributed by atoms with Gasteiger partial charge in [0.15, 0.2) is 0 Å². The fourth-order valence-corrected chi connectivity index (χ4v) is 0.926. The summed E-state index contributed by atoms with van der Waals surface area (Å²) in [7, 11) is 0. The van der Waals surface area contributed by atoms with Gasteiger partial charge in [0.05, 0.1) is 5.92 Å². The van der Waals surface area contributed by atoms with Crippen LogP contribution in [0.2, 0.25) is 0 Å². The predicted molar refractivity (Wildman–Crippen MR) is 44.3 cm³/mol. The van der Waals surface area contributed by atoms with E-state index in [2.05, 4.69) is 12.2 Å². The van der Waals surface area contributed by atoms with Gasteiger partial charge in [-0.15, -0.1) is 0 Å². The quantitative estimate of drug-likeness (QED) is 0.624. The van der Waals surface area contributed by atoms with E-state index in [4.69, 9.17) is 5.11 Å². The molecule has 0 aliphatic carbocycles. The lowest BCUT2D eigenvalue weighted by Crippen LogP contribution is -2.13. The van der Waals surface area contributed by atoms with Crippen molar-refractivity contribution >= 4 is 23.6 Å². The van der Waals surface area contributed by atoms with Crippen LogP contribution in [0, 0.1) is 5.92 Å². The van der Waals surface area contributed by atoms with Crippen LogP contribution < -0.4 is 0 Å². The first-order valence-electron chi connectivity index (χ1n) is 3.40. The van der Waals surface area contributed by atoms with Gasteiger partial charge in [-0.3, -0.25) is 4.79 Å². The number of aliphatic carboxylic acids is 1. The van der Waals surface area contributed by atoms with E-state index >= 15 is 0 Å². The van der Waals surface area contributed by atoms with E-state index in [1.807, 2.05) is 6.92 Å². The Bertz CT molecular complexity index is 123. The molecule has 0 saturated carbocycles. The maximum Gasteiger partial charge on any atom is 0.311 e. The molecule has 1 atom stereocenters. The molecule has 3 heteroatoms. The molecular weight excluding hydrogens is 148 g/mol. The highest BCUT2D eigenvalue weighted by Crippen LogP contribution is 2.05. The molecule has 10 heavy (non-hydrogen) atoms. The van der Waals surface area contributed by atoms with Gasteiger partial charge in [0.1, 0.15) is 0 Å². The molecule has 0 saturated heterocycles. The molecule has 0 fully saturated rings. The second-order valence-corrected chi connectivity index (χ2v) is 2.50. The molecule has 58 valence electrons. The molecule has 0 spiro atoms. The van der Waals surface area contributed by atoms with Crippen molar-refractivity contribution in [2.45, 2.75) is 26.2 Å². The number of hydrogen-bond donors (Lipinski definition) is 1. The Morgan fingerprint density at radius 3 is 2.70 bits per heavy atom. The van der Waals surface area contributed by atoms with E-state index < -0.39 is 11.9 Å². The van der Waals surface area contributed by atoms with Crippen molar-refractivity contribution in [2.24, 2.45) is 5.92 Å². The van der Waals surface area contributed by atoms with Gasteiger partial charge >= 0.3 is 5.97 Å². The molecule has 0 heterocycles. The summed E-state index contributed by atoms with van der Waals surface area (Å²) in [6.45, 7) is 2.03. The third-order valence-electron chi connectivity index (χ3n) is 1.35. The molecule has 1 N–H and O–H groups in total. The maximum atomic E-state index is 10.3. The topological polar surface area (TPSA) is 37.3 Å². The molecule has 0 amide bonds. The molecule has 0 aliphatic heterocycles. The molecule has 1 unspecified atom stereocenters. The molecule has 0 bridgehead atoms. The number of carbonyl (C=O) groups is 1. The molecule has 0 aromatic heterocycles. The summed E-state index contributed by atoms with van der Waals surface area (Å²) in [4.78, 5) is 10.3. The largest absolute Gasteiger partial charge is 0.481 e. The summed E-state index contributed by atoms with van der Waals surface area (Å²) in [5.41, 5.74) is 0. The van der Waals surface area contributed by atoms with Crippen LogP contribution in [0.3, 0.4) is 0 Å². The van der Waals surface area contributed by atoms with Gasteiger partial charge in [0.25, 0.3) is 0 Å². The third kappa shape index (κ3) is 3.56. The Kier molecular flexibility index (Phi) is 5.12. The summed E-state index contributed by atoms with van der Waals surface area (Å²) in [5.74, 6) is -1.22. The highest BCUT2D eigenvalue weighted by atomic mass is 32.1. The maximum absolute atomic E-state index is 10.3. The Hall–Kier alpha value is -0.440. The van der Waals surface area contributed by atoms with Crippen LogP contribution in [0.1, 0.15) is 26.2 Å². The minimum Gasteiger partial charge on any atom is -0.481 e. The normalized spacial score (nSPS) is 12.5. The second kappa shape index (κ2) is 5.35. The Morgan fingerprint density at radius 1 is 1.80 bits per heavy atom. The average Bonchev–Trinajstić information content (AvgIpc) is 1.89. The minimum absolute atomic E-state index is 0.421. The van der Waals surface area contributed by atoms with Crippen molar-refractivity contribution in [3.05, 3.63) is 0 Å². The minimum atomic E-state index is -0.802. The number of rotatable bonds is 5. The van der Waals surface area contributed by atoms with E-state index in [9.17, 15) is 4.79 Å². The lowest BCUT2D eigenvalue weighted by Gasteiger charge is -2.02. The van der Waals surface area contributed by atoms with Gasteiger partial charge in [-0.05, 0) is 11.8 Å². The first kappa shape index (κ1) is 9.56. The highest BCUT2D eigenvalue weighted by Gasteiger charge is 2.11. The van der Waals surface area contributed by atoms with Gasteiger partial charge in [0, 0.05) is 0 Å². The molecule has 0 aromatic carbocycles. The molecule has 0 aliphatic rings. The van der Waals surface area contributed by atoms with Crippen LogP contribution in [0.25, 0.3) is 0 Å². The van der Waals surface area contributed by atoms with E-state index in [0.717, 1.165) is 12.8 Å². The van der Waals surface area contributed by atoms with Crippen LogP contribution in [-0.4, -0.2) is 16.4 Å². The van der Waals surface area contributed by atoms with Gasteiger partial charge in [0.2, 0.25) is 0 Å². The van der Waals surface area contributed by atoms with Crippen LogP contribution >= 0.6 is 12.2 Å². The summed E-state index contributed by atoms with van der Waals surface area (Å²) in [6.07, 6.45) is 2.63. The first-order valence-corrected chi connectivity index (χ1v) is 3.87. The summed E-state index contributed by atoms with van der Waals surface area (Å²) in [6, 6.07) is 0. The highest BCUT2D eigenvalue weighted by molar-refractivity contribution is 7.79. The number of unbranched alkanes of at least 4 members (excludes halogenated alkanes) is 1. The molecule has 2 nitrogen and oxygen atoms in total. The first-order chi connectivity index (χ1) is 4.72. The van der Waals surface area contributed by atoms with E-state index in [-0.39, 0.29) is 0 Å². The lowest BCUT2D eigenvalue weighted by atomic mass is 10.1. The molecular formula is C7H12O2S. The third-order valence-corrected chi connectivity index (χ3v) is 1.68. The number of hydrogen-bond acceptors (Lipinski definition) is 2. The van der Waals surface area contributed by atoms with Crippen molar-refractivity contribution in [3.63, 3.8) is 0 Å². The summed E-state index contributed by atoms with van der Waals surface area (Å²) < 4.78 is 0. The van der Waals surface area contributed by atoms with Crippen molar-refractivity contribution in [3.8, 4) is 0 Å². The van der Waals surface area contributed by atoms with Gasteiger partial charge in [-0.1, -0.05) is 32.0 Å². The molecule has 0 radical (unpaired) electrons. The Balaban J connectivity index is 3.60. The number of carboxylic acids is 1. The van der Waals surface area contributed by atoms with Crippen LogP contribution in [0.5, 0.6) is 0 Å². The lowest BCUT2D eigenvalue weighted by molar-refractivity contribution is -0.139. The summed E-state index contributed by atoms with van der Waals surface area (Å²) in [5, 5.41) is 9.83. The smallest absolute Gasteiger partial charge is 0.311 e. The second-order valence-electron chi connectivity index (χ2n) is 2.22. The Labute approximate surface area is 66.2 Å². The zero-order valence-corrected chi connectivity index (χ0v) is 6.86.